The molecule has 0 aliphatic heterocycles. The molecule has 0 amide bonds. The molecular formula is C62H58N2. The minimum absolute atomic E-state index is 0.135. The lowest BCUT2D eigenvalue weighted by Gasteiger charge is -2.33. The molecule has 2 heteroatoms. The number of aryl methyl sites for hydroxylation is 4. The van der Waals surface area contributed by atoms with Crippen molar-refractivity contribution < 1.29 is 0 Å². The van der Waals surface area contributed by atoms with E-state index in [0.717, 1.165) is 25.7 Å². The van der Waals surface area contributed by atoms with E-state index >= 15 is 0 Å². The monoisotopic (exact) mass is 830 g/mol. The Hall–Kier alpha value is -6.64. The zero-order valence-electron chi connectivity index (χ0n) is 37.4. The predicted molar refractivity (Wildman–Crippen MR) is 271 cm³/mol. The van der Waals surface area contributed by atoms with Crippen LogP contribution in [-0.2, 0) is 31.1 Å². The van der Waals surface area contributed by atoms with Crippen LogP contribution in [0.1, 0.15) is 97.2 Å². The summed E-state index contributed by atoms with van der Waals surface area (Å²) in [5.41, 5.74) is 22.2. The predicted octanol–water partition coefficient (Wildman–Crippen LogP) is 16.9. The van der Waals surface area contributed by atoms with Crippen LogP contribution in [0.5, 0.6) is 0 Å². The lowest BCUT2D eigenvalue weighted by atomic mass is 9.81. The first kappa shape index (κ1) is 40.2. The average Bonchev–Trinajstić information content (AvgIpc) is 3.49. The first-order chi connectivity index (χ1) is 31.5. The van der Waals surface area contributed by atoms with Crippen LogP contribution < -0.4 is 9.80 Å². The Morgan fingerprint density at radius 1 is 0.391 bits per heavy atom. The molecule has 14 rings (SSSR count). The summed E-state index contributed by atoms with van der Waals surface area (Å²) in [5.74, 6) is 0.643. The minimum atomic E-state index is -0.135. The number of nitrogens with zero attached hydrogens (tertiary/aromatic N) is 2. The number of rotatable bonds is 8. The normalized spacial score (nSPS) is 15.4. The molecule has 6 aliphatic carbocycles. The molecule has 8 aromatic rings. The second-order valence-corrected chi connectivity index (χ2v) is 19.0. The quantitative estimate of drug-likeness (QED) is 0.141. The van der Waals surface area contributed by atoms with Crippen LogP contribution in [0.15, 0.2) is 188 Å². The lowest BCUT2D eigenvalue weighted by Crippen LogP contribution is -2.18. The van der Waals surface area contributed by atoms with E-state index in [9.17, 15) is 0 Å². The van der Waals surface area contributed by atoms with E-state index in [1.54, 1.807) is 0 Å². The summed E-state index contributed by atoms with van der Waals surface area (Å²) in [5, 5.41) is 0. The van der Waals surface area contributed by atoms with E-state index in [1.807, 2.05) is 0 Å². The van der Waals surface area contributed by atoms with E-state index in [4.69, 9.17) is 0 Å². The van der Waals surface area contributed by atoms with Gasteiger partial charge in [0.05, 0.1) is 5.69 Å². The third-order valence-electron chi connectivity index (χ3n) is 14.7. The van der Waals surface area contributed by atoms with Gasteiger partial charge in [-0.3, -0.25) is 0 Å². The fourth-order valence-electron chi connectivity index (χ4n) is 11.2. The molecule has 1 fully saturated rings. The zero-order chi connectivity index (χ0) is 43.0. The Labute approximate surface area is 380 Å². The first-order valence-corrected chi connectivity index (χ1v) is 23.9. The molecule has 0 atom stereocenters. The maximum absolute atomic E-state index is 2.64. The molecule has 2 nitrogen and oxygen atoms in total. The van der Waals surface area contributed by atoms with Gasteiger partial charge < -0.3 is 9.80 Å². The summed E-state index contributed by atoms with van der Waals surface area (Å²) in [6.07, 6.45) is 11.7. The molecule has 0 radical (unpaired) electrons. The van der Waals surface area contributed by atoms with Gasteiger partial charge in [0.15, 0.2) is 0 Å². The van der Waals surface area contributed by atoms with E-state index in [1.165, 1.54) is 134 Å². The SMILES string of the molecule is CC1(C)c2ccccc2-c2cc(-c3ccccc3)c(N(c3ccc(C4CCCCCC4)cc3)c3cc4ccc3CCc3ccc(c(N(c5ccccc5)c5ccccc5)c3)CC4)cc21. The van der Waals surface area contributed by atoms with Crippen LogP contribution >= 0.6 is 0 Å². The summed E-state index contributed by atoms with van der Waals surface area (Å²) in [4.78, 5) is 5.10. The highest BCUT2D eigenvalue weighted by molar-refractivity contribution is 5.95. The Morgan fingerprint density at radius 2 is 0.922 bits per heavy atom. The topological polar surface area (TPSA) is 6.48 Å². The van der Waals surface area contributed by atoms with E-state index in [-0.39, 0.29) is 5.41 Å². The summed E-state index contributed by atoms with van der Waals surface area (Å²) >= 11 is 0. The van der Waals surface area contributed by atoms with Crippen LogP contribution in [0.2, 0.25) is 0 Å². The standard InChI is InChI=1S/C62H58N2/c1-62(2)57-27-17-16-26-54(57)56-42-55(48-20-10-5-11-21-48)61(43-58(56)62)64(53-38-36-47(37-39-53)46-18-8-3-4-9-19-46)60-41-45-29-33-49-32-28-44(30-34-50(60)35-31-45)40-59(49)63(51-22-12-6-13-23-51)52-24-14-7-15-25-52/h5-7,10-17,20-28,31-32,35-43,46H,3-4,8-9,18-19,29-30,33-34H2,1-2H3. The van der Waals surface area contributed by atoms with Gasteiger partial charge in [0.1, 0.15) is 0 Å². The number of benzene rings is 8. The number of anilines is 6. The molecule has 6 aliphatic rings. The molecule has 0 saturated heterocycles. The van der Waals surface area contributed by atoms with Gasteiger partial charge in [-0.1, -0.05) is 167 Å². The van der Waals surface area contributed by atoms with Gasteiger partial charge in [0, 0.05) is 39.4 Å². The zero-order valence-corrected chi connectivity index (χ0v) is 37.4. The number of hydrogen-bond donors (Lipinski definition) is 0. The lowest BCUT2D eigenvalue weighted by molar-refractivity contribution is 0.592. The second-order valence-electron chi connectivity index (χ2n) is 19.0. The number of fused-ring (bicyclic) bond motifs is 3. The summed E-state index contributed by atoms with van der Waals surface area (Å²) in [7, 11) is 0. The molecule has 1 saturated carbocycles. The van der Waals surface area contributed by atoms with Crippen molar-refractivity contribution in [1.29, 1.82) is 0 Å². The largest absolute Gasteiger partial charge is 0.310 e. The van der Waals surface area contributed by atoms with Crippen LogP contribution in [-0.4, -0.2) is 0 Å². The van der Waals surface area contributed by atoms with Crippen molar-refractivity contribution in [3.8, 4) is 22.3 Å². The van der Waals surface area contributed by atoms with Gasteiger partial charge in [-0.2, -0.15) is 0 Å². The van der Waals surface area contributed by atoms with E-state index in [0.29, 0.717) is 5.92 Å². The molecule has 4 bridgehead atoms. The molecule has 0 unspecified atom stereocenters. The number of hydrogen-bond acceptors (Lipinski definition) is 2. The van der Waals surface area contributed by atoms with E-state index < -0.39 is 0 Å². The smallest absolute Gasteiger partial charge is 0.0543 e. The summed E-state index contributed by atoms with van der Waals surface area (Å²) in [6, 6.07) is 71.4. The van der Waals surface area contributed by atoms with Gasteiger partial charge in [0.2, 0.25) is 0 Å². The molecular weight excluding hydrogens is 773 g/mol. The average molecular weight is 831 g/mol. The van der Waals surface area contributed by atoms with Gasteiger partial charge in [-0.05, 0) is 161 Å². The van der Waals surface area contributed by atoms with Gasteiger partial charge in [-0.25, -0.2) is 0 Å². The first-order valence-electron chi connectivity index (χ1n) is 23.9. The Kier molecular flexibility index (Phi) is 10.8. The van der Waals surface area contributed by atoms with E-state index in [2.05, 4.69) is 212 Å². The van der Waals surface area contributed by atoms with Crippen LogP contribution in [0, 0.1) is 0 Å². The third kappa shape index (κ3) is 7.53. The van der Waals surface area contributed by atoms with Crippen LogP contribution in [0.25, 0.3) is 22.3 Å². The summed E-state index contributed by atoms with van der Waals surface area (Å²) in [6.45, 7) is 4.83. The third-order valence-corrected chi connectivity index (χ3v) is 14.7. The van der Waals surface area contributed by atoms with Gasteiger partial charge in [-0.15, -0.1) is 0 Å². The Morgan fingerprint density at radius 3 is 1.53 bits per heavy atom. The van der Waals surface area contributed by atoms with Crippen LogP contribution in [0.3, 0.4) is 0 Å². The fraction of sp³-hybridized carbons (Fsp3) is 0.226. The fourth-order valence-corrected chi connectivity index (χ4v) is 11.2. The highest BCUT2D eigenvalue weighted by Gasteiger charge is 2.37. The molecule has 0 aromatic heterocycles. The molecule has 0 heterocycles. The molecule has 0 spiro atoms. The van der Waals surface area contributed by atoms with Gasteiger partial charge >= 0.3 is 0 Å². The van der Waals surface area contributed by atoms with Crippen molar-refractivity contribution in [3.63, 3.8) is 0 Å². The number of para-hydroxylation sites is 2. The maximum atomic E-state index is 2.64. The Bertz CT molecular complexity index is 2860. The minimum Gasteiger partial charge on any atom is -0.310 e. The van der Waals surface area contributed by atoms with Crippen molar-refractivity contribution >= 4 is 34.1 Å². The second kappa shape index (κ2) is 17.1. The van der Waals surface area contributed by atoms with Crippen molar-refractivity contribution in [2.75, 3.05) is 9.80 Å². The van der Waals surface area contributed by atoms with Crippen molar-refractivity contribution in [1.82, 2.24) is 0 Å². The molecule has 64 heavy (non-hydrogen) atoms. The van der Waals surface area contributed by atoms with Crippen molar-refractivity contribution in [2.24, 2.45) is 0 Å². The summed E-state index contributed by atoms with van der Waals surface area (Å²) < 4.78 is 0. The highest BCUT2D eigenvalue weighted by Crippen LogP contribution is 2.54. The van der Waals surface area contributed by atoms with Gasteiger partial charge in [0.25, 0.3) is 0 Å². The molecule has 316 valence electrons. The van der Waals surface area contributed by atoms with Crippen LogP contribution in [0.4, 0.5) is 34.1 Å². The molecule has 8 aromatic carbocycles. The maximum Gasteiger partial charge on any atom is 0.0543 e. The van der Waals surface area contributed by atoms with Crippen molar-refractivity contribution in [3.05, 3.63) is 227 Å². The van der Waals surface area contributed by atoms with Crippen molar-refractivity contribution in [2.45, 2.75) is 89.4 Å². The molecule has 0 N–H and O–H groups in total. The Balaban J connectivity index is 1.07. The highest BCUT2D eigenvalue weighted by atomic mass is 15.2.